The number of rotatable bonds is 11. The van der Waals surface area contributed by atoms with Crippen LogP contribution >= 0.6 is 0 Å². The second kappa shape index (κ2) is 16.0. The van der Waals surface area contributed by atoms with E-state index in [0.29, 0.717) is 12.1 Å². The number of carbonyl (C=O) groups is 1. The summed E-state index contributed by atoms with van der Waals surface area (Å²) >= 11 is 0. The molecule has 7 rings (SSSR count). The lowest BCUT2D eigenvalue weighted by Crippen LogP contribution is -2.44. The van der Waals surface area contributed by atoms with Gasteiger partial charge in [-0.15, -0.1) is 0 Å². The van der Waals surface area contributed by atoms with Gasteiger partial charge in [0, 0.05) is 43.0 Å². The molecule has 264 valence electrons. The van der Waals surface area contributed by atoms with Gasteiger partial charge in [0.05, 0.1) is 24.4 Å². The zero-order chi connectivity index (χ0) is 36.0. The number of pyridine rings is 1. The van der Waals surface area contributed by atoms with E-state index in [4.69, 9.17) is 9.47 Å². The molecule has 1 aliphatic rings. The van der Waals surface area contributed by atoms with E-state index in [1.54, 1.807) is 24.5 Å². The van der Waals surface area contributed by atoms with Crippen LogP contribution in [0.3, 0.4) is 0 Å². The normalized spacial score (nSPS) is 19.4. The summed E-state index contributed by atoms with van der Waals surface area (Å²) in [5.41, 5.74) is 7.81. The molecule has 1 fully saturated rings. The molecular formula is C45H45N3O4. The quantitative estimate of drug-likeness (QED) is 0.141. The molecule has 7 heteroatoms. The third-order valence-corrected chi connectivity index (χ3v) is 10.3. The minimum Gasteiger partial charge on any atom is -0.392 e. The molecule has 0 bridgehead atoms. The summed E-state index contributed by atoms with van der Waals surface area (Å²) in [4.78, 5) is 19.0. The zero-order valence-electron chi connectivity index (χ0n) is 29.9. The van der Waals surface area contributed by atoms with E-state index < -0.39 is 6.29 Å². The van der Waals surface area contributed by atoms with Gasteiger partial charge in [-0.05, 0) is 82.4 Å². The van der Waals surface area contributed by atoms with Gasteiger partial charge in [-0.2, -0.15) is 0 Å². The largest absolute Gasteiger partial charge is 0.392 e. The van der Waals surface area contributed by atoms with Crippen molar-refractivity contribution in [3.8, 4) is 11.1 Å². The highest BCUT2D eigenvalue weighted by Crippen LogP contribution is 2.42. The number of amides is 1. The molecular weight excluding hydrogens is 647 g/mol. The molecule has 52 heavy (non-hydrogen) atoms. The Bertz CT molecular complexity index is 2100. The van der Waals surface area contributed by atoms with E-state index in [0.717, 1.165) is 39.9 Å². The van der Waals surface area contributed by atoms with Crippen LogP contribution in [-0.2, 0) is 22.6 Å². The Morgan fingerprint density at radius 3 is 2.33 bits per heavy atom. The summed E-state index contributed by atoms with van der Waals surface area (Å²) in [5.74, 6) is -0.0805. The maximum Gasteiger partial charge on any atom is 0.253 e. The fraction of sp³-hybridized carbons (Fsp3) is 0.244. The maximum absolute atomic E-state index is 12.6. The number of ether oxygens (including phenoxy) is 2. The van der Waals surface area contributed by atoms with Crippen molar-refractivity contribution >= 4 is 16.7 Å². The van der Waals surface area contributed by atoms with Gasteiger partial charge in [0.15, 0.2) is 6.29 Å². The standard InChI is InChI=1S/C45H45N3O4/c1-30-42(28-48(3)31(2)38-22-19-34-9-4-5-10-40(34)25-38)51-45(52-43(30)36-15-13-32(29-49)14-16-36)37-20-17-35(18-21-37)39-11-6-8-33(24-39)26-47-44(50)41-12-7-23-46-27-41/h4-25,27,30-31,42-43,45,49H,26,28-29H2,1-3H3,(H,47,50). The van der Waals surface area contributed by atoms with Crippen molar-refractivity contribution in [1.29, 1.82) is 0 Å². The first-order chi connectivity index (χ1) is 25.4. The summed E-state index contributed by atoms with van der Waals surface area (Å²) in [7, 11) is 2.17. The summed E-state index contributed by atoms with van der Waals surface area (Å²) in [6.45, 7) is 5.59. The molecule has 6 aromatic rings. The minimum atomic E-state index is -0.559. The van der Waals surface area contributed by atoms with E-state index >= 15 is 0 Å². The molecule has 5 atom stereocenters. The molecule has 1 aromatic heterocycles. The monoisotopic (exact) mass is 691 g/mol. The fourth-order valence-corrected chi connectivity index (χ4v) is 6.97. The van der Waals surface area contributed by atoms with Crippen molar-refractivity contribution in [2.75, 3.05) is 13.6 Å². The Balaban J connectivity index is 1.09. The topological polar surface area (TPSA) is 83.9 Å². The Kier molecular flexibility index (Phi) is 10.8. The smallest absolute Gasteiger partial charge is 0.253 e. The molecule has 0 radical (unpaired) electrons. The predicted molar refractivity (Wildman–Crippen MR) is 205 cm³/mol. The van der Waals surface area contributed by atoms with Crippen LogP contribution in [-0.4, -0.2) is 40.6 Å². The van der Waals surface area contributed by atoms with E-state index in [-0.39, 0.29) is 36.7 Å². The van der Waals surface area contributed by atoms with Crippen molar-refractivity contribution in [3.63, 3.8) is 0 Å². The Labute approximate surface area is 305 Å². The number of fused-ring (bicyclic) bond motifs is 1. The van der Waals surface area contributed by atoms with Crippen LogP contribution in [0.5, 0.6) is 0 Å². The summed E-state index contributed by atoms with van der Waals surface area (Å²) in [5, 5.41) is 15.1. The van der Waals surface area contributed by atoms with Crippen LogP contribution in [0, 0.1) is 5.92 Å². The lowest BCUT2D eigenvalue weighted by atomic mass is 9.89. The fourth-order valence-electron chi connectivity index (χ4n) is 6.97. The van der Waals surface area contributed by atoms with Crippen molar-refractivity contribution in [2.45, 2.75) is 51.5 Å². The Morgan fingerprint density at radius 2 is 1.58 bits per heavy atom. The van der Waals surface area contributed by atoms with Gasteiger partial charge in [0.25, 0.3) is 5.91 Å². The Hall–Kier alpha value is -5.18. The van der Waals surface area contributed by atoms with Crippen molar-refractivity contribution in [3.05, 3.63) is 173 Å². The highest BCUT2D eigenvalue weighted by atomic mass is 16.7. The molecule has 1 amide bonds. The predicted octanol–water partition coefficient (Wildman–Crippen LogP) is 8.81. The molecule has 2 heterocycles. The minimum absolute atomic E-state index is 0.00245. The third kappa shape index (κ3) is 7.98. The highest BCUT2D eigenvalue weighted by molar-refractivity contribution is 5.93. The van der Waals surface area contributed by atoms with Crippen LogP contribution in [0.15, 0.2) is 140 Å². The first kappa shape index (κ1) is 35.2. The molecule has 5 aromatic carbocycles. The lowest BCUT2D eigenvalue weighted by molar-refractivity contribution is -0.276. The van der Waals surface area contributed by atoms with Crippen LogP contribution in [0.1, 0.15) is 70.5 Å². The number of aromatic nitrogens is 1. The van der Waals surface area contributed by atoms with Gasteiger partial charge in [-0.25, -0.2) is 0 Å². The number of aliphatic hydroxyl groups excluding tert-OH is 1. The van der Waals surface area contributed by atoms with Crippen LogP contribution in [0.2, 0.25) is 0 Å². The first-order valence-electron chi connectivity index (χ1n) is 17.9. The summed E-state index contributed by atoms with van der Waals surface area (Å²) in [6, 6.07) is 43.5. The third-order valence-electron chi connectivity index (χ3n) is 10.3. The molecule has 1 saturated heterocycles. The van der Waals surface area contributed by atoms with E-state index in [1.807, 2.05) is 24.3 Å². The van der Waals surface area contributed by atoms with Gasteiger partial charge in [-0.3, -0.25) is 14.7 Å². The average Bonchev–Trinajstić information content (AvgIpc) is 3.20. The van der Waals surface area contributed by atoms with Gasteiger partial charge >= 0.3 is 0 Å². The number of hydrogen-bond acceptors (Lipinski definition) is 6. The molecule has 0 aliphatic carbocycles. The molecule has 0 saturated carbocycles. The van der Waals surface area contributed by atoms with Crippen molar-refractivity contribution in [1.82, 2.24) is 15.2 Å². The molecule has 0 spiro atoms. The van der Waals surface area contributed by atoms with E-state index in [9.17, 15) is 9.90 Å². The number of hydrogen-bond donors (Lipinski definition) is 2. The highest BCUT2D eigenvalue weighted by Gasteiger charge is 2.39. The summed E-state index contributed by atoms with van der Waals surface area (Å²) < 4.78 is 13.6. The van der Waals surface area contributed by atoms with E-state index in [1.165, 1.54) is 16.3 Å². The molecule has 7 nitrogen and oxygen atoms in total. The van der Waals surface area contributed by atoms with Crippen LogP contribution in [0.4, 0.5) is 0 Å². The van der Waals surface area contributed by atoms with Crippen molar-refractivity contribution in [2.24, 2.45) is 5.92 Å². The summed E-state index contributed by atoms with van der Waals surface area (Å²) in [6.07, 6.45) is 2.36. The Morgan fingerprint density at radius 1 is 0.808 bits per heavy atom. The second-order valence-corrected chi connectivity index (χ2v) is 13.8. The van der Waals surface area contributed by atoms with Gasteiger partial charge in [0.1, 0.15) is 0 Å². The molecule has 5 unspecified atom stereocenters. The van der Waals surface area contributed by atoms with E-state index in [2.05, 4.69) is 127 Å². The zero-order valence-corrected chi connectivity index (χ0v) is 29.9. The number of aliphatic hydroxyl groups is 1. The first-order valence-corrected chi connectivity index (χ1v) is 17.9. The van der Waals surface area contributed by atoms with Crippen LogP contribution < -0.4 is 5.32 Å². The maximum atomic E-state index is 12.6. The van der Waals surface area contributed by atoms with Gasteiger partial charge in [-0.1, -0.05) is 110 Å². The number of nitrogens with zero attached hydrogens (tertiary/aromatic N) is 2. The number of carbonyl (C=O) groups excluding carboxylic acids is 1. The van der Waals surface area contributed by atoms with Crippen molar-refractivity contribution < 1.29 is 19.4 Å². The van der Waals surface area contributed by atoms with Gasteiger partial charge in [0.2, 0.25) is 0 Å². The molecule has 1 aliphatic heterocycles. The number of likely N-dealkylation sites (N-methyl/N-ethyl adjacent to an activating group) is 1. The lowest BCUT2D eigenvalue weighted by Gasteiger charge is -2.43. The number of benzene rings is 5. The number of nitrogens with one attached hydrogen (secondary N) is 1. The second-order valence-electron chi connectivity index (χ2n) is 13.8. The van der Waals surface area contributed by atoms with Gasteiger partial charge < -0.3 is 19.9 Å². The average molecular weight is 692 g/mol. The van der Waals surface area contributed by atoms with Crippen LogP contribution in [0.25, 0.3) is 21.9 Å². The SMILES string of the molecule is CC1C(CN(C)C(C)c2ccc3ccccc3c2)OC(c2ccc(-c3cccc(CNC(=O)c4cccnc4)c3)cc2)OC1c1ccc(CO)cc1. The molecule has 2 N–H and O–H groups in total.